The third kappa shape index (κ3) is 6.43. The molecule has 184 valence electrons. The molecule has 2 aromatic carbocycles. The largest absolute Gasteiger partial charge is 0.378 e. The van der Waals surface area contributed by atoms with E-state index in [4.69, 9.17) is 40.2 Å². The van der Waals surface area contributed by atoms with Gasteiger partial charge < -0.3 is 15.0 Å². The molecule has 3 aromatic rings. The lowest BCUT2D eigenvalue weighted by Gasteiger charge is -2.31. The summed E-state index contributed by atoms with van der Waals surface area (Å²) in [7, 11) is -4.02. The van der Waals surface area contributed by atoms with E-state index in [-0.39, 0.29) is 26.6 Å². The molecule has 8 nitrogen and oxygen atoms in total. The van der Waals surface area contributed by atoms with Crippen LogP contribution in [0.1, 0.15) is 9.67 Å². The maximum atomic E-state index is 13.1. The van der Waals surface area contributed by atoms with Crippen LogP contribution in [-0.4, -0.2) is 45.7 Å². The van der Waals surface area contributed by atoms with Crippen molar-refractivity contribution in [3.8, 4) is 0 Å². The molecule has 1 aromatic heterocycles. The summed E-state index contributed by atoms with van der Waals surface area (Å²) in [6.07, 6.45) is 0. The van der Waals surface area contributed by atoms with Crippen molar-refractivity contribution in [1.82, 2.24) is 5.32 Å². The fourth-order valence-electron chi connectivity index (χ4n) is 3.37. The van der Waals surface area contributed by atoms with Gasteiger partial charge in [0.15, 0.2) is 5.11 Å². The second-order valence-corrected chi connectivity index (χ2v) is 11.3. The van der Waals surface area contributed by atoms with Crippen LogP contribution in [0, 0.1) is 0 Å². The van der Waals surface area contributed by atoms with Gasteiger partial charge in [-0.2, -0.15) is 0 Å². The number of thiophene rings is 1. The van der Waals surface area contributed by atoms with Gasteiger partial charge in [-0.25, -0.2) is 8.42 Å². The number of benzene rings is 2. The Hall–Kier alpha value is -2.41. The number of nitrogens with zero attached hydrogens (tertiary/aromatic N) is 1. The summed E-state index contributed by atoms with van der Waals surface area (Å²) >= 11 is 18.8. The molecule has 1 amide bonds. The molecule has 13 heteroatoms. The predicted octanol–water partition coefficient (Wildman–Crippen LogP) is 4.82. The van der Waals surface area contributed by atoms with Gasteiger partial charge in [-0.05, 0) is 60.1 Å². The van der Waals surface area contributed by atoms with Crippen LogP contribution in [0.3, 0.4) is 0 Å². The van der Waals surface area contributed by atoms with Crippen molar-refractivity contribution in [3.63, 3.8) is 0 Å². The predicted molar refractivity (Wildman–Crippen MR) is 145 cm³/mol. The average molecular weight is 572 g/mol. The zero-order valence-corrected chi connectivity index (χ0v) is 22.0. The zero-order valence-electron chi connectivity index (χ0n) is 18.1. The van der Waals surface area contributed by atoms with Crippen LogP contribution in [0.4, 0.5) is 17.1 Å². The van der Waals surface area contributed by atoms with Gasteiger partial charge in [-0.1, -0.05) is 29.3 Å². The number of halogens is 2. The number of carbonyl (C=O) groups excluding carboxylic acids is 1. The van der Waals surface area contributed by atoms with Crippen molar-refractivity contribution >= 4 is 84.9 Å². The highest BCUT2D eigenvalue weighted by Crippen LogP contribution is 2.32. The molecule has 0 atom stereocenters. The molecule has 2 heterocycles. The summed E-state index contributed by atoms with van der Waals surface area (Å²) < 4.78 is 34.2. The van der Waals surface area contributed by atoms with Crippen molar-refractivity contribution in [2.24, 2.45) is 0 Å². The highest BCUT2D eigenvalue weighted by Gasteiger charge is 2.22. The van der Waals surface area contributed by atoms with E-state index >= 15 is 0 Å². The third-order valence-electron chi connectivity index (χ3n) is 5.02. The maximum absolute atomic E-state index is 13.1. The number of nitrogens with one attached hydrogen (secondary N) is 3. The van der Waals surface area contributed by atoms with E-state index in [0.29, 0.717) is 41.9 Å². The number of hydrogen-bond acceptors (Lipinski definition) is 7. The molecule has 0 spiro atoms. The average Bonchev–Trinajstić information content (AvgIpc) is 3.37. The Bertz CT molecular complexity index is 1340. The number of carbonyl (C=O) groups is 1. The number of rotatable bonds is 6. The van der Waals surface area contributed by atoms with E-state index in [1.807, 2.05) is 4.90 Å². The van der Waals surface area contributed by atoms with Gasteiger partial charge >= 0.3 is 0 Å². The smallest absolute Gasteiger partial charge is 0.267 e. The monoisotopic (exact) mass is 570 g/mol. The van der Waals surface area contributed by atoms with Crippen molar-refractivity contribution in [3.05, 3.63) is 68.8 Å². The molecule has 35 heavy (non-hydrogen) atoms. The quantitative estimate of drug-likeness (QED) is 0.365. The molecule has 0 saturated carbocycles. The summed E-state index contributed by atoms with van der Waals surface area (Å²) in [5.41, 5.74) is 1.30. The Morgan fingerprint density at radius 3 is 2.54 bits per heavy atom. The second-order valence-electron chi connectivity index (χ2n) is 7.39. The Morgan fingerprint density at radius 2 is 1.83 bits per heavy atom. The Balaban J connectivity index is 1.62. The number of amides is 1. The van der Waals surface area contributed by atoms with Gasteiger partial charge in [0, 0.05) is 18.1 Å². The number of thiocarbonyl (C=S) groups is 1. The Kier molecular flexibility index (Phi) is 8.15. The summed E-state index contributed by atoms with van der Waals surface area (Å²) in [5.74, 6) is -0.355. The molecule has 0 unspecified atom stereocenters. The zero-order chi connectivity index (χ0) is 25.0. The minimum atomic E-state index is -4.02. The Labute approximate surface area is 222 Å². The molecular formula is C22H20Cl2N4O4S3. The van der Waals surface area contributed by atoms with Gasteiger partial charge in [0.25, 0.3) is 15.9 Å². The molecule has 4 rings (SSSR count). The molecule has 1 fully saturated rings. The second kappa shape index (κ2) is 11.1. The number of sulfonamides is 1. The summed E-state index contributed by atoms with van der Waals surface area (Å²) in [6, 6.07) is 12.6. The van der Waals surface area contributed by atoms with Crippen molar-refractivity contribution < 1.29 is 17.9 Å². The summed E-state index contributed by atoms with van der Waals surface area (Å²) in [5, 5.41) is 7.98. The van der Waals surface area contributed by atoms with Crippen LogP contribution >= 0.6 is 46.8 Å². The lowest BCUT2D eigenvalue weighted by molar-refractivity contribution is 0.0981. The van der Waals surface area contributed by atoms with Crippen LogP contribution in [0.15, 0.2) is 58.8 Å². The maximum Gasteiger partial charge on any atom is 0.267 e. The molecule has 1 aliphatic rings. The van der Waals surface area contributed by atoms with E-state index in [1.165, 1.54) is 35.6 Å². The minimum absolute atomic E-state index is 0.0274. The molecule has 1 saturated heterocycles. The van der Waals surface area contributed by atoms with Gasteiger partial charge in [0.1, 0.15) is 0 Å². The number of hydrogen-bond donors (Lipinski definition) is 3. The van der Waals surface area contributed by atoms with Crippen LogP contribution < -0.4 is 20.3 Å². The molecule has 3 N–H and O–H groups in total. The first-order chi connectivity index (χ1) is 16.7. The normalized spacial score (nSPS) is 13.8. The number of anilines is 3. The first-order valence-corrected chi connectivity index (χ1v) is 13.9. The molecule has 0 radical (unpaired) electrons. The van der Waals surface area contributed by atoms with Crippen molar-refractivity contribution in [2.75, 3.05) is 41.2 Å². The van der Waals surface area contributed by atoms with Gasteiger partial charge in [-0.3, -0.25) is 14.8 Å². The van der Waals surface area contributed by atoms with Crippen LogP contribution in [0.2, 0.25) is 10.0 Å². The van der Waals surface area contributed by atoms with Crippen molar-refractivity contribution in [2.45, 2.75) is 4.90 Å². The van der Waals surface area contributed by atoms with Crippen LogP contribution in [0.25, 0.3) is 0 Å². The fraction of sp³-hybridized carbons (Fsp3) is 0.182. The SMILES string of the molecule is O=C(NC(=S)Nc1cc(S(=O)(=O)Nc2cc(Cl)ccc2Cl)ccc1N1CCOCC1)c1cccs1. The first kappa shape index (κ1) is 25.7. The summed E-state index contributed by atoms with van der Waals surface area (Å²) in [4.78, 5) is 14.9. The van der Waals surface area contributed by atoms with Crippen LogP contribution in [-0.2, 0) is 14.8 Å². The Morgan fingerprint density at radius 1 is 1.06 bits per heavy atom. The number of morpholine rings is 1. The first-order valence-electron chi connectivity index (χ1n) is 10.3. The van der Waals surface area contributed by atoms with Crippen molar-refractivity contribution in [1.29, 1.82) is 0 Å². The van der Waals surface area contributed by atoms with E-state index in [0.717, 1.165) is 5.69 Å². The molecular weight excluding hydrogens is 551 g/mol. The van der Waals surface area contributed by atoms with E-state index in [9.17, 15) is 13.2 Å². The minimum Gasteiger partial charge on any atom is -0.378 e. The number of ether oxygens (including phenoxy) is 1. The molecule has 0 aliphatic carbocycles. The van der Waals surface area contributed by atoms with Crippen LogP contribution in [0.5, 0.6) is 0 Å². The molecule has 0 bridgehead atoms. The lowest BCUT2D eigenvalue weighted by atomic mass is 10.2. The fourth-order valence-corrected chi connectivity index (χ4v) is 5.68. The van der Waals surface area contributed by atoms with E-state index in [1.54, 1.807) is 29.6 Å². The standard InChI is InChI=1S/C22H20Cl2N4O4S3/c23-14-3-5-16(24)17(12-14)27-35(30,31)15-4-6-19(28-7-9-32-10-8-28)18(13-15)25-22(33)26-21(29)20-2-1-11-34-20/h1-6,11-13,27H,7-10H2,(H2,25,26,29,33). The van der Waals surface area contributed by atoms with Gasteiger partial charge in [-0.15, -0.1) is 11.3 Å². The molecule has 1 aliphatic heterocycles. The van der Waals surface area contributed by atoms with E-state index in [2.05, 4.69) is 15.4 Å². The highest BCUT2D eigenvalue weighted by molar-refractivity contribution is 7.92. The summed E-state index contributed by atoms with van der Waals surface area (Å²) in [6.45, 7) is 2.30. The lowest BCUT2D eigenvalue weighted by Crippen LogP contribution is -2.38. The highest BCUT2D eigenvalue weighted by atomic mass is 35.5. The van der Waals surface area contributed by atoms with Gasteiger partial charge in [0.2, 0.25) is 0 Å². The van der Waals surface area contributed by atoms with E-state index < -0.39 is 10.0 Å². The topological polar surface area (TPSA) is 99.8 Å². The third-order valence-corrected chi connectivity index (χ3v) is 8.02. The van der Waals surface area contributed by atoms with Gasteiger partial charge in [0.05, 0.1) is 45.1 Å².